The molecule has 3 aromatic rings. The molecule has 1 atom stereocenters. The number of benzene rings is 2. The summed E-state index contributed by atoms with van der Waals surface area (Å²) in [4.78, 5) is 4.31. The second-order valence-corrected chi connectivity index (χ2v) is 5.35. The minimum atomic E-state index is -0.531. The van der Waals surface area contributed by atoms with Crippen LogP contribution >= 0.6 is 11.6 Å². The van der Waals surface area contributed by atoms with Crippen LogP contribution in [0.2, 0.25) is 5.02 Å². The fraction of sp³-hybridized carbons (Fsp3) is 0.125. The fourth-order valence-electron chi connectivity index (χ4n) is 2.02. The fourth-order valence-corrected chi connectivity index (χ4v) is 2.14. The molecule has 1 heterocycles. The molecule has 2 aromatic carbocycles. The van der Waals surface area contributed by atoms with Gasteiger partial charge in [0.1, 0.15) is 18.2 Å². The number of H-pyrrole nitrogens is 1. The van der Waals surface area contributed by atoms with E-state index < -0.39 is 6.04 Å². The molecule has 0 spiro atoms. The zero-order valence-electron chi connectivity index (χ0n) is 12.0. The Morgan fingerprint density at radius 2 is 1.83 bits per heavy atom. The molecule has 3 rings (SSSR count). The third-order valence-corrected chi connectivity index (χ3v) is 3.50. The molecule has 23 heavy (non-hydrogen) atoms. The first kappa shape index (κ1) is 15.5. The van der Waals surface area contributed by atoms with Gasteiger partial charge in [0.2, 0.25) is 0 Å². The van der Waals surface area contributed by atoms with Gasteiger partial charge in [-0.3, -0.25) is 5.10 Å². The van der Waals surface area contributed by atoms with Gasteiger partial charge in [-0.1, -0.05) is 23.7 Å². The summed E-state index contributed by atoms with van der Waals surface area (Å²) in [7, 11) is 0. The van der Waals surface area contributed by atoms with Gasteiger partial charge in [-0.2, -0.15) is 5.10 Å². The van der Waals surface area contributed by atoms with Gasteiger partial charge in [-0.25, -0.2) is 9.37 Å². The van der Waals surface area contributed by atoms with E-state index >= 15 is 0 Å². The van der Waals surface area contributed by atoms with Crippen LogP contribution in [0.3, 0.4) is 0 Å². The van der Waals surface area contributed by atoms with Crippen molar-refractivity contribution in [3.05, 3.63) is 76.6 Å². The highest BCUT2D eigenvalue weighted by Gasteiger charge is 2.14. The molecule has 7 heteroatoms. The molecule has 118 valence electrons. The summed E-state index contributed by atoms with van der Waals surface area (Å²) in [6.07, 6.45) is 0. The Bertz CT molecular complexity index is 774. The zero-order valence-corrected chi connectivity index (χ0v) is 12.8. The zero-order chi connectivity index (χ0) is 16.2. The van der Waals surface area contributed by atoms with E-state index in [4.69, 9.17) is 22.1 Å². The van der Waals surface area contributed by atoms with E-state index in [-0.39, 0.29) is 12.4 Å². The average molecular weight is 333 g/mol. The van der Waals surface area contributed by atoms with Crippen LogP contribution in [0.1, 0.15) is 23.3 Å². The van der Waals surface area contributed by atoms with Crippen molar-refractivity contribution >= 4 is 11.6 Å². The van der Waals surface area contributed by atoms with Gasteiger partial charge < -0.3 is 10.5 Å². The minimum absolute atomic E-state index is 0.227. The lowest BCUT2D eigenvalue weighted by Crippen LogP contribution is -2.13. The smallest absolute Gasteiger partial charge is 0.172 e. The Morgan fingerprint density at radius 3 is 2.52 bits per heavy atom. The van der Waals surface area contributed by atoms with Crippen molar-refractivity contribution in [1.82, 2.24) is 15.2 Å². The number of ether oxygens (including phenoxy) is 1. The van der Waals surface area contributed by atoms with Crippen LogP contribution in [0.25, 0.3) is 0 Å². The van der Waals surface area contributed by atoms with Gasteiger partial charge in [0.15, 0.2) is 11.6 Å². The number of aromatic nitrogens is 3. The third kappa shape index (κ3) is 3.85. The second-order valence-electron chi connectivity index (χ2n) is 4.91. The highest BCUT2D eigenvalue weighted by atomic mass is 35.5. The molecule has 0 radical (unpaired) electrons. The molecule has 0 aliphatic carbocycles. The number of hydrogen-bond acceptors (Lipinski definition) is 4. The first-order valence-corrected chi connectivity index (χ1v) is 7.30. The summed E-state index contributed by atoms with van der Waals surface area (Å²) < 4.78 is 18.5. The van der Waals surface area contributed by atoms with Crippen molar-refractivity contribution < 1.29 is 9.13 Å². The molecular weight excluding hydrogens is 319 g/mol. The molecule has 0 unspecified atom stereocenters. The quantitative estimate of drug-likeness (QED) is 0.752. The summed E-state index contributed by atoms with van der Waals surface area (Å²) in [6, 6.07) is 12.4. The number of halogens is 2. The molecular formula is C16H14ClFN4O. The van der Waals surface area contributed by atoms with Crippen LogP contribution in [-0.2, 0) is 6.61 Å². The van der Waals surface area contributed by atoms with Crippen LogP contribution in [0.15, 0.2) is 48.5 Å². The molecule has 0 saturated carbocycles. The summed E-state index contributed by atoms with van der Waals surface area (Å²) in [5, 5.41) is 7.51. The number of rotatable bonds is 5. The van der Waals surface area contributed by atoms with E-state index in [0.29, 0.717) is 22.4 Å². The number of nitrogens with two attached hydrogens (primary N) is 1. The van der Waals surface area contributed by atoms with Gasteiger partial charge in [-0.05, 0) is 42.0 Å². The molecule has 0 aliphatic rings. The van der Waals surface area contributed by atoms with Crippen LogP contribution in [-0.4, -0.2) is 15.2 Å². The van der Waals surface area contributed by atoms with Crippen LogP contribution in [0.4, 0.5) is 4.39 Å². The predicted molar refractivity (Wildman–Crippen MR) is 84.6 cm³/mol. The molecule has 0 bridgehead atoms. The van der Waals surface area contributed by atoms with E-state index in [1.54, 1.807) is 36.4 Å². The largest absolute Gasteiger partial charge is 0.486 e. The Morgan fingerprint density at radius 1 is 1.13 bits per heavy atom. The molecule has 0 saturated heterocycles. The summed E-state index contributed by atoms with van der Waals surface area (Å²) in [5.41, 5.74) is 6.81. The lowest BCUT2D eigenvalue weighted by atomic mass is 10.1. The van der Waals surface area contributed by atoms with E-state index in [0.717, 1.165) is 5.56 Å². The standard InChI is InChI=1S/C16H14ClFN4O/c17-11-3-7-13(8-4-11)23-9-14-20-16(22-21-14)15(19)10-1-5-12(18)6-2-10/h1-8,15H,9,19H2,(H,20,21,22)/t15-/m1/s1. The summed E-state index contributed by atoms with van der Waals surface area (Å²) in [5.74, 6) is 1.34. The summed E-state index contributed by atoms with van der Waals surface area (Å²) in [6.45, 7) is 0.227. The van der Waals surface area contributed by atoms with Gasteiger partial charge in [0.25, 0.3) is 0 Å². The first-order chi connectivity index (χ1) is 11.1. The molecule has 0 aliphatic heterocycles. The van der Waals surface area contributed by atoms with Crippen molar-refractivity contribution in [2.75, 3.05) is 0 Å². The van der Waals surface area contributed by atoms with Crippen LogP contribution < -0.4 is 10.5 Å². The van der Waals surface area contributed by atoms with Crippen molar-refractivity contribution in [3.63, 3.8) is 0 Å². The first-order valence-electron chi connectivity index (χ1n) is 6.92. The Labute approximate surface area is 137 Å². The summed E-state index contributed by atoms with van der Waals surface area (Å²) >= 11 is 5.81. The number of nitrogens with one attached hydrogen (secondary N) is 1. The minimum Gasteiger partial charge on any atom is -0.486 e. The van der Waals surface area contributed by atoms with Gasteiger partial charge in [-0.15, -0.1) is 0 Å². The monoisotopic (exact) mass is 332 g/mol. The van der Waals surface area contributed by atoms with Gasteiger partial charge in [0.05, 0.1) is 6.04 Å². The number of hydrogen-bond donors (Lipinski definition) is 2. The molecule has 3 N–H and O–H groups in total. The van der Waals surface area contributed by atoms with Crippen molar-refractivity contribution in [2.45, 2.75) is 12.6 Å². The van der Waals surface area contributed by atoms with Crippen molar-refractivity contribution in [1.29, 1.82) is 0 Å². The maximum Gasteiger partial charge on any atom is 0.172 e. The second kappa shape index (κ2) is 6.76. The Balaban J connectivity index is 1.65. The molecule has 1 aromatic heterocycles. The normalized spacial score (nSPS) is 12.1. The maximum atomic E-state index is 12.9. The number of nitrogens with zero attached hydrogens (tertiary/aromatic N) is 2. The number of aromatic amines is 1. The topological polar surface area (TPSA) is 76.8 Å². The van der Waals surface area contributed by atoms with Gasteiger partial charge >= 0.3 is 0 Å². The average Bonchev–Trinajstić information content (AvgIpc) is 3.03. The lowest BCUT2D eigenvalue weighted by Gasteiger charge is -2.07. The molecule has 0 fully saturated rings. The molecule has 5 nitrogen and oxygen atoms in total. The van der Waals surface area contributed by atoms with Crippen molar-refractivity contribution in [3.8, 4) is 5.75 Å². The van der Waals surface area contributed by atoms with E-state index in [2.05, 4.69) is 15.2 Å². The van der Waals surface area contributed by atoms with Crippen LogP contribution in [0, 0.1) is 5.82 Å². The Kier molecular flexibility index (Phi) is 4.55. The SMILES string of the molecule is N[C@H](c1ccc(F)cc1)c1n[nH]c(COc2ccc(Cl)cc2)n1. The van der Waals surface area contributed by atoms with E-state index in [1.165, 1.54) is 12.1 Å². The van der Waals surface area contributed by atoms with E-state index in [1.807, 2.05) is 0 Å². The Hall–Kier alpha value is -2.44. The highest BCUT2D eigenvalue weighted by molar-refractivity contribution is 6.30. The third-order valence-electron chi connectivity index (χ3n) is 3.25. The highest BCUT2D eigenvalue weighted by Crippen LogP contribution is 2.18. The van der Waals surface area contributed by atoms with Crippen LogP contribution in [0.5, 0.6) is 5.75 Å². The predicted octanol–water partition coefficient (Wildman–Crippen LogP) is 3.22. The lowest BCUT2D eigenvalue weighted by molar-refractivity contribution is 0.296. The molecule has 0 amide bonds. The van der Waals surface area contributed by atoms with Gasteiger partial charge in [0, 0.05) is 5.02 Å². The van der Waals surface area contributed by atoms with E-state index in [9.17, 15) is 4.39 Å². The maximum absolute atomic E-state index is 12.9. The van der Waals surface area contributed by atoms with Crippen molar-refractivity contribution in [2.24, 2.45) is 5.73 Å².